The summed E-state index contributed by atoms with van der Waals surface area (Å²) in [4.78, 5) is 51.5. The number of piperazine rings is 1. The third kappa shape index (κ3) is 8.35. The molecule has 5 atom stereocenters. The van der Waals surface area contributed by atoms with Crippen molar-refractivity contribution in [3.05, 3.63) is 92.8 Å². The van der Waals surface area contributed by atoms with E-state index in [0.717, 1.165) is 111 Å². The number of nitrogens with zero attached hydrogens (tertiary/aromatic N) is 8. The topological polar surface area (TPSA) is 208 Å². The van der Waals surface area contributed by atoms with Crippen molar-refractivity contribution in [1.29, 1.82) is 0 Å². The molecule has 3 amide bonds. The minimum absolute atomic E-state index is 0.00590. The maximum Gasteiger partial charge on any atom is 0.255 e. The number of nitrogens with one attached hydrogen (secondary N) is 1. The molecule has 0 aliphatic carbocycles. The molecule has 0 saturated carbocycles. The monoisotopic (exact) mass is 1000 g/mol. The van der Waals surface area contributed by atoms with Crippen LogP contribution in [0.2, 0.25) is 0 Å². The second-order valence-corrected chi connectivity index (χ2v) is 21.0. The Hall–Kier alpha value is -5.67. The maximum atomic E-state index is 15.0. The van der Waals surface area contributed by atoms with Gasteiger partial charge in [-0.2, -0.15) is 0 Å². The zero-order valence-corrected chi connectivity index (χ0v) is 41.7. The molecule has 12 rings (SSSR count). The van der Waals surface area contributed by atoms with Gasteiger partial charge >= 0.3 is 0 Å². The molecule has 0 radical (unpaired) electrons. The number of fused-ring (bicyclic) bond motifs is 8. The van der Waals surface area contributed by atoms with Crippen LogP contribution in [0.5, 0.6) is 11.5 Å². The number of aliphatic hydroxyl groups is 3. The fraction of sp³-hybridized carbons (Fsp3) is 0.574. The van der Waals surface area contributed by atoms with Crippen LogP contribution in [0.4, 0.5) is 11.4 Å². The van der Waals surface area contributed by atoms with Gasteiger partial charge in [0.1, 0.15) is 41.4 Å². The van der Waals surface area contributed by atoms with Gasteiger partial charge in [-0.3, -0.25) is 19.3 Å². The molecule has 2 fully saturated rings. The van der Waals surface area contributed by atoms with Gasteiger partial charge in [-0.25, -0.2) is 4.68 Å². The number of aliphatic hydroxyl groups excluding tert-OH is 3. The summed E-state index contributed by atoms with van der Waals surface area (Å²) >= 11 is 0. The third-order valence-corrected chi connectivity index (χ3v) is 16.6. The third-order valence-electron chi connectivity index (χ3n) is 16.6. The van der Waals surface area contributed by atoms with Crippen LogP contribution in [0.1, 0.15) is 100 Å². The standard InChI is InChI=1S/C54H67N9O10/c1-33(65)55-45-49(68)48(67)43(32-64)72-53(45)63-31-36(56-57-63)30-58-19-21-59(22-20-58)44(66)14-24-70-26-27-71-25-23-62-52(69)37-10-2-3-13-40(37)54(62)41-28-34-8-4-15-60-17-6-11-38(46(34)60)50(41)73-51-39-12-7-18-61-16-5-9-35(47(39)61)29-42(51)54/h2-3,10,13,28-29,31,43,45,48-49,53,64,67-68H,4-9,11-12,14-27,30,32H2,1H3,(H,55,65)/t43?,45?,48-,49?,53-/m0/s1. The molecule has 388 valence electrons. The van der Waals surface area contributed by atoms with Crippen LogP contribution in [0.3, 0.4) is 0 Å². The molecule has 19 nitrogen and oxygen atoms in total. The number of ether oxygens (including phenoxy) is 4. The molecule has 73 heavy (non-hydrogen) atoms. The lowest BCUT2D eigenvalue weighted by molar-refractivity contribution is -0.219. The maximum absolute atomic E-state index is 15.0. The summed E-state index contributed by atoms with van der Waals surface area (Å²) in [5.74, 6) is 1.49. The van der Waals surface area contributed by atoms with Crippen LogP contribution in [0.25, 0.3) is 0 Å². The summed E-state index contributed by atoms with van der Waals surface area (Å²) in [7, 11) is 0. The van der Waals surface area contributed by atoms with E-state index in [0.29, 0.717) is 64.8 Å². The summed E-state index contributed by atoms with van der Waals surface area (Å²) in [6, 6.07) is 12.0. The van der Waals surface area contributed by atoms with E-state index in [1.54, 1.807) is 6.20 Å². The summed E-state index contributed by atoms with van der Waals surface area (Å²) in [5.41, 5.74) is 11.7. The Morgan fingerprint density at radius 3 is 2.07 bits per heavy atom. The predicted molar refractivity (Wildman–Crippen MR) is 267 cm³/mol. The average Bonchev–Trinajstić information content (AvgIpc) is 3.97. The number of aryl methyl sites for hydroxylation is 2. The van der Waals surface area contributed by atoms with E-state index in [-0.39, 0.29) is 24.8 Å². The molecule has 8 aliphatic rings. The molecular formula is C54H67N9O10. The Morgan fingerprint density at radius 1 is 0.795 bits per heavy atom. The highest BCUT2D eigenvalue weighted by Crippen LogP contribution is 2.62. The fourth-order valence-corrected chi connectivity index (χ4v) is 13.4. The lowest BCUT2D eigenvalue weighted by Crippen LogP contribution is -2.62. The van der Waals surface area contributed by atoms with Gasteiger partial charge in [0, 0.05) is 112 Å². The zero-order chi connectivity index (χ0) is 50.0. The number of benzene rings is 3. The fourth-order valence-electron chi connectivity index (χ4n) is 13.4. The second-order valence-electron chi connectivity index (χ2n) is 21.0. The molecular weight excluding hydrogens is 935 g/mol. The van der Waals surface area contributed by atoms with Crippen LogP contribution < -0.4 is 19.9 Å². The summed E-state index contributed by atoms with van der Waals surface area (Å²) in [5, 5.41) is 41.9. The smallest absolute Gasteiger partial charge is 0.255 e. The van der Waals surface area contributed by atoms with Crippen molar-refractivity contribution in [2.24, 2.45) is 0 Å². The molecule has 4 aromatic rings. The van der Waals surface area contributed by atoms with Crippen molar-refractivity contribution < 1.29 is 48.7 Å². The zero-order valence-electron chi connectivity index (χ0n) is 41.7. The Balaban J connectivity index is 0.679. The van der Waals surface area contributed by atoms with Gasteiger partial charge in [-0.1, -0.05) is 23.4 Å². The van der Waals surface area contributed by atoms with Crippen molar-refractivity contribution >= 4 is 29.1 Å². The quantitative estimate of drug-likeness (QED) is 0.134. The minimum atomic E-state index is -1.40. The number of hydrogen-bond acceptors (Lipinski definition) is 15. The van der Waals surface area contributed by atoms with Gasteiger partial charge < -0.3 is 59.2 Å². The van der Waals surface area contributed by atoms with Gasteiger partial charge in [0.15, 0.2) is 6.23 Å². The van der Waals surface area contributed by atoms with Crippen molar-refractivity contribution in [2.45, 2.75) is 107 Å². The Bertz CT molecular complexity index is 2690. The van der Waals surface area contributed by atoms with Crippen molar-refractivity contribution in [3.8, 4) is 11.5 Å². The highest BCUT2D eigenvalue weighted by molar-refractivity contribution is 6.03. The van der Waals surface area contributed by atoms with Gasteiger partial charge in [-0.15, -0.1) is 5.10 Å². The van der Waals surface area contributed by atoms with Crippen LogP contribution >= 0.6 is 0 Å². The van der Waals surface area contributed by atoms with E-state index in [2.05, 4.69) is 59.5 Å². The van der Waals surface area contributed by atoms with E-state index >= 15 is 4.79 Å². The molecule has 4 N–H and O–H groups in total. The van der Waals surface area contributed by atoms with Crippen LogP contribution in [0, 0.1) is 0 Å². The van der Waals surface area contributed by atoms with Crippen molar-refractivity contribution in [1.82, 2.24) is 35.0 Å². The Labute approximate surface area is 424 Å². The molecule has 2 saturated heterocycles. The van der Waals surface area contributed by atoms with E-state index < -0.39 is 48.6 Å². The number of rotatable bonds is 14. The highest BCUT2D eigenvalue weighted by Gasteiger charge is 2.58. The van der Waals surface area contributed by atoms with E-state index in [4.69, 9.17) is 18.9 Å². The molecule has 3 unspecified atom stereocenters. The number of carbonyl (C=O) groups is 3. The summed E-state index contributed by atoms with van der Waals surface area (Å²) in [6.07, 6.45) is 5.31. The predicted octanol–water partition coefficient (Wildman–Crippen LogP) is 2.41. The van der Waals surface area contributed by atoms with Crippen LogP contribution in [-0.4, -0.2) is 179 Å². The minimum Gasteiger partial charge on any atom is -0.456 e. The Morgan fingerprint density at radius 2 is 1.42 bits per heavy atom. The molecule has 19 heteroatoms. The molecule has 1 aromatic heterocycles. The van der Waals surface area contributed by atoms with Crippen LogP contribution in [0.15, 0.2) is 42.6 Å². The first-order chi connectivity index (χ1) is 35.6. The normalized spacial score (nSPS) is 24.7. The lowest BCUT2D eigenvalue weighted by Gasteiger charge is -2.49. The second kappa shape index (κ2) is 19.9. The SMILES string of the molecule is CC(=O)NC1C(O)[C@@H](O)C(CO)O[C@@H]1n1cc(CN2CCN(C(=O)CCOCCOCCN3C(=O)c4ccccc4C34c3cc5c6c(c3Oc3c4cc4c7c3CCCN7CCC4)CCCN6CCC5)CC2)nn1. The average molecular weight is 1000 g/mol. The number of aromatic nitrogens is 3. The van der Waals surface area contributed by atoms with Gasteiger partial charge in [0.05, 0.1) is 51.3 Å². The summed E-state index contributed by atoms with van der Waals surface area (Å²) in [6.45, 7) is 9.40. The summed E-state index contributed by atoms with van der Waals surface area (Å²) < 4.78 is 26.9. The molecule has 0 bridgehead atoms. The van der Waals surface area contributed by atoms with E-state index in [1.807, 2.05) is 17.0 Å². The number of hydrogen-bond donors (Lipinski definition) is 4. The largest absolute Gasteiger partial charge is 0.456 e. The number of carbonyl (C=O) groups excluding carboxylic acids is 3. The lowest BCUT2D eigenvalue weighted by atomic mass is 9.70. The first-order valence-electron chi connectivity index (χ1n) is 26.6. The molecule has 1 spiro atoms. The van der Waals surface area contributed by atoms with E-state index in [9.17, 15) is 24.9 Å². The number of anilines is 2. The molecule has 9 heterocycles. The van der Waals surface area contributed by atoms with Gasteiger partial charge in [0.2, 0.25) is 11.8 Å². The van der Waals surface area contributed by atoms with Gasteiger partial charge in [0.25, 0.3) is 5.91 Å². The molecule has 8 aliphatic heterocycles. The van der Waals surface area contributed by atoms with Gasteiger partial charge in [-0.05, 0) is 86.3 Å². The van der Waals surface area contributed by atoms with E-state index in [1.165, 1.54) is 45.2 Å². The Kier molecular flexibility index (Phi) is 13.1. The first kappa shape index (κ1) is 48.3. The number of amides is 3. The van der Waals surface area contributed by atoms with Crippen molar-refractivity contribution in [3.63, 3.8) is 0 Å². The molecule has 3 aromatic carbocycles. The first-order valence-corrected chi connectivity index (χ1v) is 26.6. The van der Waals surface area contributed by atoms with Crippen molar-refractivity contribution in [2.75, 3.05) is 102 Å². The van der Waals surface area contributed by atoms with Crippen LogP contribution in [-0.2, 0) is 61.6 Å². The highest BCUT2D eigenvalue weighted by atomic mass is 16.5.